The van der Waals surface area contributed by atoms with Gasteiger partial charge in [-0.1, -0.05) is 18.5 Å². The standard InChI is InChI=1S/C15H21ClN2O/c1-10-4-3-7-18(14(10)9-17)15(19)12-5-6-13(16)11(2)8-12/h5-6,8,10,14H,3-4,7,9,17H2,1-2H3. The number of nitrogens with two attached hydrogens (primary N) is 1. The summed E-state index contributed by atoms with van der Waals surface area (Å²) in [5, 5.41) is 0.693. The van der Waals surface area contributed by atoms with Crippen LogP contribution in [0.3, 0.4) is 0 Å². The summed E-state index contributed by atoms with van der Waals surface area (Å²) in [6, 6.07) is 5.59. The number of likely N-dealkylation sites (tertiary alicyclic amines) is 1. The number of piperidine rings is 1. The zero-order chi connectivity index (χ0) is 14.0. The molecule has 2 atom stereocenters. The van der Waals surface area contributed by atoms with Crippen LogP contribution in [0.5, 0.6) is 0 Å². The van der Waals surface area contributed by atoms with Gasteiger partial charge in [-0.05, 0) is 49.4 Å². The maximum absolute atomic E-state index is 12.6. The molecular formula is C15H21ClN2O. The van der Waals surface area contributed by atoms with Crippen molar-refractivity contribution in [1.82, 2.24) is 4.90 Å². The van der Waals surface area contributed by atoms with Crippen molar-refractivity contribution in [1.29, 1.82) is 0 Å². The number of benzene rings is 1. The van der Waals surface area contributed by atoms with E-state index in [9.17, 15) is 4.79 Å². The van der Waals surface area contributed by atoms with Crippen LogP contribution in [0.15, 0.2) is 18.2 Å². The number of aryl methyl sites for hydroxylation is 1. The van der Waals surface area contributed by atoms with Crippen molar-refractivity contribution >= 4 is 17.5 Å². The van der Waals surface area contributed by atoms with Crippen molar-refractivity contribution in [3.63, 3.8) is 0 Å². The molecule has 0 aliphatic carbocycles. The largest absolute Gasteiger partial charge is 0.334 e. The van der Waals surface area contributed by atoms with Crippen LogP contribution in [0.4, 0.5) is 0 Å². The van der Waals surface area contributed by atoms with Crippen LogP contribution >= 0.6 is 11.6 Å². The minimum atomic E-state index is 0.0711. The Kier molecular flexibility index (Phi) is 4.48. The van der Waals surface area contributed by atoms with E-state index in [2.05, 4.69) is 6.92 Å². The van der Waals surface area contributed by atoms with E-state index in [1.807, 2.05) is 17.9 Å². The van der Waals surface area contributed by atoms with Crippen molar-refractivity contribution in [3.8, 4) is 0 Å². The number of amides is 1. The lowest BCUT2D eigenvalue weighted by atomic mass is 9.90. The lowest BCUT2D eigenvalue weighted by Gasteiger charge is -2.39. The Bertz CT molecular complexity index is 475. The monoisotopic (exact) mass is 280 g/mol. The molecule has 0 radical (unpaired) electrons. The molecule has 1 aromatic rings. The van der Waals surface area contributed by atoms with Gasteiger partial charge in [-0.15, -0.1) is 0 Å². The maximum atomic E-state index is 12.6. The van der Waals surface area contributed by atoms with E-state index in [-0.39, 0.29) is 11.9 Å². The first kappa shape index (κ1) is 14.4. The topological polar surface area (TPSA) is 46.3 Å². The summed E-state index contributed by atoms with van der Waals surface area (Å²) in [6.07, 6.45) is 2.20. The summed E-state index contributed by atoms with van der Waals surface area (Å²) >= 11 is 6.01. The summed E-state index contributed by atoms with van der Waals surface area (Å²) in [4.78, 5) is 14.5. The van der Waals surface area contributed by atoms with Gasteiger partial charge < -0.3 is 10.6 Å². The first-order valence-electron chi connectivity index (χ1n) is 6.81. The molecule has 0 spiro atoms. The zero-order valence-electron chi connectivity index (χ0n) is 11.5. The number of nitrogens with zero attached hydrogens (tertiary/aromatic N) is 1. The van der Waals surface area contributed by atoms with Crippen molar-refractivity contribution in [2.24, 2.45) is 11.7 Å². The number of carbonyl (C=O) groups excluding carboxylic acids is 1. The van der Waals surface area contributed by atoms with Crippen LogP contribution in [-0.4, -0.2) is 29.9 Å². The molecule has 4 heteroatoms. The number of hydrogen-bond donors (Lipinski definition) is 1. The second-order valence-electron chi connectivity index (χ2n) is 5.39. The Hall–Kier alpha value is -1.06. The third kappa shape index (κ3) is 2.93. The third-order valence-electron chi connectivity index (χ3n) is 4.02. The third-order valence-corrected chi connectivity index (χ3v) is 4.45. The van der Waals surface area contributed by atoms with E-state index < -0.39 is 0 Å². The van der Waals surface area contributed by atoms with Gasteiger partial charge in [0.25, 0.3) is 5.91 Å². The quantitative estimate of drug-likeness (QED) is 0.905. The summed E-state index contributed by atoms with van der Waals surface area (Å²) in [7, 11) is 0. The molecule has 1 amide bonds. The smallest absolute Gasteiger partial charge is 0.254 e. The average molecular weight is 281 g/mol. The molecule has 0 bridgehead atoms. The van der Waals surface area contributed by atoms with Gasteiger partial charge in [0.05, 0.1) is 0 Å². The molecule has 2 rings (SSSR count). The lowest BCUT2D eigenvalue weighted by Crippen LogP contribution is -2.51. The van der Waals surface area contributed by atoms with Crippen molar-refractivity contribution in [3.05, 3.63) is 34.3 Å². The van der Waals surface area contributed by atoms with E-state index in [1.165, 1.54) is 0 Å². The minimum absolute atomic E-state index is 0.0711. The highest BCUT2D eigenvalue weighted by Gasteiger charge is 2.31. The molecule has 1 aliphatic heterocycles. The van der Waals surface area contributed by atoms with Gasteiger partial charge in [0, 0.05) is 29.7 Å². The second-order valence-corrected chi connectivity index (χ2v) is 5.79. The van der Waals surface area contributed by atoms with Crippen LogP contribution in [0.25, 0.3) is 0 Å². The van der Waals surface area contributed by atoms with Gasteiger partial charge in [-0.3, -0.25) is 4.79 Å². The van der Waals surface area contributed by atoms with Gasteiger partial charge in [-0.25, -0.2) is 0 Å². The predicted molar refractivity (Wildman–Crippen MR) is 78.5 cm³/mol. The second kappa shape index (κ2) is 5.93. The Morgan fingerprint density at radius 2 is 2.26 bits per heavy atom. The fourth-order valence-electron chi connectivity index (χ4n) is 2.80. The summed E-state index contributed by atoms with van der Waals surface area (Å²) in [6.45, 7) is 5.41. The Labute approximate surface area is 119 Å². The first-order chi connectivity index (χ1) is 9.04. The predicted octanol–water partition coefficient (Wildman–Crippen LogP) is 2.85. The van der Waals surface area contributed by atoms with E-state index in [4.69, 9.17) is 17.3 Å². The molecular weight excluding hydrogens is 260 g/mol. The molecule has 1 aliphatic rings. The van der Waals surface area contributed by atoms with E-state index in [0.717, 1.165) is 24.9 Å². The SMILES string of the molecule is Cc1cc(C(=O)N2CCCC(C)C2CN)ccc1Cl. The highest BCUT2D eigenvalue weighted by Crippen LogP contribution is 2.25. The van der Waals surface area contributed by atoms with Crippen molar-refractivity contribution < 1.29 is 4.79 Å². The van der Waals surface area contributed by atoms with Gasteiger partial charge >= 0.3 is 0 Å². The molecule has 1 fully saturated rings. The lowest BCUT2D eigenvalue weighted by molar-refractivity contribution is 0.0532. The molecule has 1 aromatic carbocycles. The molecule has 1 heterocycles. The normalized spacial score (nSPS) is 23.5. The highest BCUT2D eigenvalue weighted by atomic mass is 35.5. The summed E-state index contributed by atoms with van der Waals surface area (Å²) < 4.78 is 0. The molecule has 1 saturated heterocycles. The molecule has 3 nitrogen and oxygen atoms in total. The fourth-order valence-corrected chi connectivity index (χ4v) is 2.92. The van der Waals surface area contributed by atoms with Crippen molar-refractivity contribution in [2.45, 2.75) is 32.7 Å². The Morgan fingerprint density at radius 3 is 2.89 bits per heavy atom. The van der Waals surface area contributed by atoms with Gasteiger partial charge in [0.15, 0.2) is 0 Å². The first-order valence-corrected chi connectivity index (χ1v) is 7.19. The maximum Gasteiger partial charge on any atom is 0.254 e. The minimum Gasteiger partial charge on any atom is -0.334 e. The number of hydrogen-bond acceptors (Lipinski definition) is 2. The van der Waals surface area contributed by atoms with Gasteiger partial charge in [0.2, 0.25) is 0 Å². The Morgan fingerprint density at radius 1 is 1.53 bits per heavy atom. The van der Waals surface area contributed by atoms with Crippen LogP contribution in [0.2, 0.25) is 5.02 Å². The number of carbonyl (C=O) groups is 1. The van der Waals surface area contributed by atoms with Crippen LogP contribution in [0.1, 0.15) is 35.7 Å². The molecule has 0 aromatic heterocycles. The van der Waals surface area contributed by atoms with E-state index in [1.54, 1.807) is 12.1 Å². The highest BCUT2D eigenvalue weighted by molar-refractivity contribution is 6.31. The number of halogens is 1. The number of rotatable bonds is 2. The van der Waals surface area contributed by atoms with Crippen LogP contribution in [0, 0.1) is 12.8 Å². The Balaban J connectivity index is 2.24. The fraction of sp³-hybridized carbons (Fsp3) is 0.533. The van der Waals surface area contributed by atoms with Crippen LogP contribution < -0.4 is 5.73 Å². The van der Waals surface area contributed by atoms with Crippen molar-refractivity contribution in [2.75, 3.05) is 13.1 Å². The van der Waals surface area contributed by atoms with Gasteiger partial charge in [-0.2, -0.15) is 0 Å². The molecule has 2 N–H and O–H groups in total. The molecule has 0 saturated carbocycles. The van der Waals surface area contributed by atoms with Gasteiger partial charge in [0.1, 0.15) is 0 Å². The molecule has 19 heavy (non-hydrogen) atoms. The molecule has 2 unspecified atom stereocenters. The summed E-state index contributed by atoms with van der Waals surface area (Å²) in [5.41, 5.74) is 7.47. The summed E-state index contributed by atoms with van der Waals surface area (Å²) in [5.74, 6) is 0.540. The molecule has 104 valence electrons. The van der Waals surface area contributed by atoms with Crippen LogP contribution in [-0.2, 0) is 0 Å². The average Bonchev–Trinajstić information content (AvgIpc) is 2.40. The van der Waals surface area contributed by atoms with E-state index in [0.29, 0.717) is 23.0 Å². The zero-order valence-corrected chi connectivity index (χ0v) is 12.3. The van der Waals surface area contributed by atoms with E-state index >= 15 is 0 Å².